The zero-order chi connectivity index (χ0) is 13.9. The Kier molecular flexibility index (Phi) is 4.42. The summed E-state index contributed by atoms with van der Waals surface area (Å²) in [4.78, 5) is 0. The quantitative estimate of drug-likeness (QED) is 0.338. The molecule has 0 fully saturated rings. The number of nitrogens with two attached hydrogens (primary N) is 1. The second kappa shape index (κ2) is 5.45. The number of nitrogens with one attached hydrogen (secondary N) is 1. The molecule has 100 valence electrons. The first-order chi connectivity index (χ1) is 8.30. The molecular formula is C10H14ClN3O3S. The summed E-state index contributed by atoms with van der Waals surface area (Å²) in [6.07, 6.45) is 0. The summed E-state index contributed by atoms with van der Waals surface area (Å²) in [5.74, 6) is -0.144. The zero-order valence-electron chi connectivity index (χ0n) is 9.94. The van der Waals surface area contributed by atoms with E-state index in [1.165, 1.54) is 13.0 Å². The summed E-state index contributed by atoms with van der Waals surface area (Å²) in [5.41, 5.74) is 6.74. The van der Waals surface area contributed by atoms with Crippen LogP contribution in [-0.2, 0) is 10.0 Å². The Morgan fingerprint density at radius 3 is 2.61 bits per heavy atom. The van der Waals surface area contributed by atoms with Crippen LogP contribution in [0.1, 0.15) is 18.1 Å². The van der Waals surface area contributed by atoms with Crippen molar-refractivity contribution in [2.24, 2.45) is 10.9 Å². The highest BCUT2D eigenvalue weighted by molar-refractivity contribution is 7.92. The van der Waals surface area contributed by atoms with E-state index in [1.54, 1.807) is 13.0 Å². The summed E-state index contributed by atoms with van der Waals surface area (Å²) < 4.78 is 25.4. The molecule has 0 aliphatic heterocycles. The Hall–Kier alpha value is -1.47. The van der Waals surface area contributed by atoms with E-state index in [-0.39, 0.29) is 16.6 Å². The van der Waals surface area contributed by atoms with Gasteiger partial charge < -0.3 is 10.9 Å². The number of benzene rings is 1. The largest absolute Gasteiger partial charge is 0.409 e. The molecule has 0 atom stereocenters. The first-order valence-corrected chi connectivity index (χ1v) is 7.12. The van der Waals surface area contributed by atoms with Crippen molar-refractivity contribution in [3.8, 4) is 0 Å². The lowest BCUT2D eigenvalue weighted by Crippen LogP contribution is -2.17. The van der Waals surface area contributed by atoms with E-state index in [0.29, 0.717) is 16.8 Å². The lowest BCUT2D eigenvalue weighted by Gasteiger charge is -2.12. The molecule has 0 radical (unpaired) electrons. The van der Waals surface area contributed by atoms with Crippen molar-refractivity contribution in [1.82, 2.24) is 0 Å². The van der Waals surface area contributed by atoms with Crippen molar-refractivity contribution in [3.05, 3.63) is 28.3 Å². The highest BCUT2D eigenvalue weighted by atomic mass is 35.5. The third-order valence-corrected chi connectivity index (χ3v) is 3.90. The SMILES string of the molecule is CCS(=O)(=O)Nc1c(C)cc(C(N)=NO)cc1Cl. The van der Waals surface area contributed by atoms with Crippen molar-refractivity contribution in [2.75, 3.05) is 10.5 Å². The molecule has 1 rings (SSSR count). The van der Waals surface area contributed by atoms with Crippen LogP contribution in [0, 0.1) is 6.92 Å². The average Bonchev–Trinajstić information content (AvgIpc) is 2.32. The second-order valence-corrected chi connectivity index (χ2v) is 6.06. The third-order valence-electron chi connectivity index (χ3n) is 2.33. The molecule has 0 aliphatic carbocycles. The number of oxime groups is 1. The van der Waals surface area contributed by atoms with E-state index < -0.39 is 10.0 Å². The monoisotopic (exact) mass is 291 g/mol. The standard InChI is InChI=1S/C10H14ClN3O3S/c1-3-18(16,17)14-9-6(2)4-7(5-8(9)11)10(12)13-15/h4-5,14-15H,3H2,1-2H3,(H2,12,13). The lowest BCUT2D eigenvalue weighted by atomic mass is 10.1. The van der Waals surface area contributed by atoms with Crippen LogP contribution in [0.15, 0.2) is 17.3 Å². The molecule has 1 aromatic carbocycles. The van der Waals surface area contributed by atoms with Crippen molar-refractivity contribution in [2.45, 2.75) is 13.8 Å². The lowest BCUT2D eigenvalue weighted by molar-refractivity contribution is 0.318. The van der Waals surface area contributed by atoms with Crippen molar-refractivity contribution < 1.29 is 13.6 Å². The molecule has 6 nitrogen and oxygen atoms in total. The van der Waals surface area contributed by atoms with E-state index in [2.05, 4.69) is 9.88 Å². The number of hydrogen-bond acceptors (Lipinski definition) is 4. The molecule has 0 unspecified atom stereocenters. The molecule has 4 N–H and O–H groups in total. The van der Waals surface area contributed by atoms with Gasteiger partial charge in [0.2, 0.25) is 10.0 Å². The van der Waals surface area contributed by atoms with Gasteiger partial charge in [0, 0.05) is 5.56 Å². The van der Waals surface area contributed by atoms with Gasteiger partial charge in [0.1, 0.15) is 0 Å². The fourth-order valence-electron chi connectivity index (χ4n) is 1.31. The van der Waals surface area contributed by atoms with Crippen LogP contribution in [0.25, 0.3) is 0 Å². The molecule has 0 amide bonds. The van der Waals surface area contributed by atoms with Crippen LogP contribution in [0.2, 0.25) is 5.02 Å². The van der Waals surface area contributed by atoms with Crippen LogP contribution in [0.3, 0.4) is 0 Å². The Morgan fingerprint density at radius 1 is 1.56 bits per heavy atom. The smallest absolute Gasteiger partial charge is 0.232 e. The van der Waals surface area contributed by atoms with Crippen LogP contribution in [0.4, 0.5) is 5.69 Å². The number of anilines is 1. The van der Waals surface area contributed by atoms with E-state index in [1.807, 2.05) is 0 Å². The first-order valence-electron chi connectivity index (χ1n) is 5.09. The minimum absolute atomic E-state index is 0.0508. The number of rotatable bonds is 4. The van der Waals surface area contributed by atoms with Crippen LogP contribution in [-0.4, -0.2) is 25.2 Å². The topological polar surface area (TPSA) is 105 Å². The number of aryl methyl sites for hydroxylation is 1. The summed E-state index contributed by atoms with van der Waals surface area (Å²) in [6, 6.07) is 3.01. The summed E-state index contributed by atoms with van der Waals surface area (Å²) in [7, 11) is -3.40. The van der Waals surface area contributed by atoms with Crippen molar-refractivity contribution in [3.63, 3.8) is 0 Å². The predicted molar refractivity (Wildman–Crippen MR) is 71.8 cm³/mol. The Balaban J connectivity index is 3.26. The van der Waals surface area contributed by atoms with Crippen molar-refractivity contribution in [1.29, 1.82) is 0 Å². The Morgan fingerprint density at radius 2 is 2.17 bits per heavy atom. The summed E-state index contributed by atoms with van der Waals surface area (Å²) in [6.45, 7) is 3.20. The van der Waals surface area contributed by atoms with Gasteiger partial charge in [0.25, 0.3) is 0 Å². The van der Waals surface area contributed by atoms with E-state index in [4.69, 9.17) is 22.5 Å². The number of halogens is 1. The van der Waals surface area contributed by atoms with Gasteiger partial charge in [-0.05, 0) is 31.5 Å². The fourth-order valence-corrected chi connectivity index (χ4v) is 2.40. The van der Waals surface area contributed by atoms with E-state index in [9.17, 15) is 8.42 Å². The number of amidine groups is 1. The molecule has 18 heavy (non-hydrogen) atoms. The molecule has 0 heterocycles. The predicted octanol–water partition coefficient (Wildman–Crippen LogP) is 1.50. The van der Waals surface area contributed by atoms with Gasteiger partial charge in [-0.2, -0.15) is 0 Å². The Bertz CT molecular complexity index is 561. The van der Waals surface area contributed by atoms with Gasteiger partial charge in [-0.15, -0.1) is 0 Å². The molecule has 0 bridgehead atoms. The van der Waals surface area contributed by atoms with Gasteiger partial charge in [-0.1, -0.05) is 16.8 Å². The number of hydrogen-bond donors (Lipinski definition) is 3. The van der Waals surface area contributed by atoms with Gasteiger partial charge >= 0.3 is 0 Å². The molecule has 0 aromatic heterocycles. The maximum Gasteiger partial charge on any atom is 0.232 e. The molecule has 0 spiro atoms. The third kappa shape index (κ3) is 3.27. The number of nitrogens with zero attached hydrogens (tertiary/aromatic N) is 1. The van der Waals surface area contributed by atoms with E-state index in [0.717, 1.165) is 0 Å². The summed E-state index contributed by atoms with van der Waals surface area (Å²) >= 11 is 5.98. The first kappa shape index (κ1) is 14.6. The van der Waals surface area contributed by atoms with Crippen molar-refractivity contribution >= 4 is 33.1 Å². The van der Waals surface area contributed by atoms with Crippen LogP contribution < -0.4 is 10.5 Å². The van der Waals surface area contributed by atoms with Gasteiger partial charge in [-0.3, -0.25) is 4.72 Å². The fraction of sp³-hybridized carbons (Fsp3) is 0.300. The summed E-state index contributed by atoms with van der Waals surface area (Å²) in [5, 5.41) is 11.6. The zero-order valence-corrected chi connectivity index (χ0v) is 11.5. The minimum atomic E-state index is -3.40. The van der Waals surface area contributed by atoms with Gasteiger partial charge in [0.05, 0.1) is 16.5 Å². The second-order valence-electron chi connectivity index (χ2n) is 3.64. The average molecular weight is 292 g/mol. The minimum Gasteiger partial charge on any atom is -0.409 e. The van der Waals surface area contributed by atoms with Crippen LogP contribution in [0.5, 0.6) is 0 Å². The molecule has 1 aromatic rings. The number of sulfonamides is 1. The van der Waals surface area contributed by atoms with Crippen LogP contribution >= 0.6 is 11.6 Å². The Labute approximate surface area is 110 Å². The molecule has 0 saturated heterocycles. The molecular weight excluding hydrogens is 278 g/mol. The molecule has 0 saturated carbocycles. The maximum atomic E-state index is 11.5. The normalized spacial score (nSPS) is 12.5. The highest BCUT2D eigenvalue weighted by Crippen LogP contribution is 2.28. The van der Waals surface area contributed by atoms with Gasteiger partial charge in [-0.25, -0.2) is 8.42 Å². The van der Waals surface area contributed by atoms with Gasteiger partial charge in [0.15, 0.2) is 5.84 Å². The molecule has 0 aliphatic rings. The highest BCUT2D eigenvalue weighted by Gasteiger charge is 2.14. The van der Waals surface area contributed by atoms with E-state index >= 15 is 0 Å². The maximum absolute atomic E-state index is 11.5. The molecule has 8 heteroatoms.